The molecule has 0 fully saturated rings. The standard InChI is InChI=1S/C17H21N3O2S2/c1-3-12-5-7-13(8-6-12)18-16(22)11-24-17-19-14(10-23-4-2)9-15(21)20-17/h5-9H,3-4,10-11H2,1-2H3,(H,18,22)(H,19,20,21). The predicted octanol–water partition coefficient (Wildman–Crippen LogP) is 3.32. The zero-order valence-electron chi connectivity index (χ0n) is 13.8. The monoisotopic (exact) mass is 363 g/mol. The summed E-state index contributed by atoms with van der Waals surface area (Å²) in [5, 5.41) is 3.32. The lowest BCUT2D eigenvalue weighted by Gasteiger charge is -2.06. The molecule has 1 aromatic heterocycles. The lowest BCUT2D eigenvalue weighted by Crippen LogP contribution is -2.15. The van der Waals surface area contributed by atoms with Crippen molar-refractivity contribution in [3.8, 4) is 0 Å². The molecular formula is C17H21N3O2S2. The highest BCUT2D eigenvalue weighted by Crippen LogP contribution is 2.15. The average Bonchev–Trinajstić information content (AvgIpc) is 2.58. The first-order valence-electron chi connectivity index (χ1n) is 7.80. The van der Waals surface area contributed by atoms with Crippen molar-refractivity contribution < 1.29 is 4.79 Å². The van der Waals surface area contributed by atoms with Crippen molar-refractivity contribution in [3.63, 3.8) is 0 Å². The molecular weight excluding hydrogens is 342 g/mol. The summed E-state index contributed by atoms with van der Waals surface area (Å²) < 4.78 is 0. The molecule has 128 valence electrons. The van der Waals surface area contributed by atoms with Crippen LogP contribution in [0.5, 0.6) is 0 Å². The van der Waals surface area contributed by atoms with Gasteiger partial charge in [0, 0.05) is 17.5 Å². The Balaban J connectivity index is 1.90. The molecule has 1 amide bonds. The molecule has 1 aromatic carbocycles. The quantitative estimate of drug-likeness (QED) is 0.556. The second-order valence-corrected chi connectivity index (χ2v) is 7.30. The highest BCUT2D eigenvalue weighted by atomic mass is 32.2. The van der Waals surface area contributed by atoms with Gasteiger partial charge < -0.3 is 10.3 Å². The van der Waals surface area contributed by atoms with Crippen molar-refractivity contribution in [3.05, 3.63) is 51.9 Å². The third kappa shape index (κ3) is 6.05. The number of thioether (sulfide) groups is 2. The first kappa shape index (κ1) is 18.6. The number of H-pyrrole nitrogens is 1. The predicted molar refractivity (Wildman–Crippen MR) is 102 cm³/mol. The van der Waals surface area contributed by atoms with E-state index < -0.39 is 0 Å². The van der Waals surface area contributed by atoms with Gasteiger partial charge in [0.25, 0.3) is 5.56 Å². The molecule has 0 aliphatic carbocycles. The van der Waals surface area contributed by atoms with Gasteiger partial charge in [0.1, 0.15) is 0 Å². The number of benzene rings is 1. The molecule has 0 saturated heterocycles. The molecule has 1 heterocycles. The molecule has 24 heavy (non-hydrogen) atoms. The zero-order valence-corrected chi connectivity index (χ0v) is 15.4. The van der Waals surface area contributed by atoms with Gasteiger partial charge in [-0.05, 0) is 29.9 Å². The molecule has 0 aliphatic heterocycles. The molecule has 7 heteroatoms. The maximum Gasteiger partial charge on any atom is 0.251 e. The minimum atomic E-state index is -0.185. The molecule has 0 saturated carbocycles. The molecule has 0 bridgehead atoms. The third-order valence-electron chi connectivity index (χ3n) is 3.21. The van der Waals surface area contributed by atoms with Crippen molar-refractivity contribution in [1.29, 1.82) is 0 Å². The molecule has 0 unspecified atom stereocenters. The Morgan fingerprint density at radius 3 is 2.67 bits per heavy atom. The number of hydrogen-bond donors (Lipinski definition) is 2. The zero-order chi connectivity index (χ0) is 17.4. The third-order valence-corrected chi connectivity index (χ3v) is 4.99. The largest absolute Gasteiger partial charge is 0.325 e. The van der Waals surface area contributed by atoms with Gasteiger partial charge in [0.05, 0.1) is 11.4 Å². The van der Waals surface area contributed by atoms with Crippen LogP contribution in [-0.4, -0.2) is 27.4 Å². The van der Waals surface area contributed by atoms with E-state index >= 15 is 0 Å². The van der Waals surface area contributed by atoms with Crippen molar-refractivity contribution in [2.75, 3.05) is 16.8 Å². The summed E-state index contributed by atoms with van der Waals surface area (Å²) >= 11 is 2.93. The van der Waals surface area contributed by atoms with Gasteiger partial charge in [0.15, 0.2) is 5.16 Å². The maximum absolute atomic E-state index is 12.0. The maximum atomic E-state index is 12.0. The lowest BCUT2D eigenvalue weighted by molar-refractivity contribution is -0.113. The van der Waals surface area contributed by atoms with Crippen LogP contribution >= 0.6 is 23.5 Å². The van der Waals surface area contributed by atoms with Gasteiger partial charge in [-0.1, -0.05) is 37.7 Å². The van der Waals surface area contributed by atoms with Crippen LogP contribution < -0.4 is 10.9 Å². The highest BCUT2D eigenvalue weighted by Gasteiger charge is 2.07. The highest BCUT2D eigenvalue weighted by molar-refractivity contribution is 7.99. The number of nitrogens with one attached hydrogen (secondary N) is 2. The Hall–Kier alpha value is -1.73. The Bertz CT molecular complexity index is 729. The molecule has 2 aromatic rings. The van der Waals surface area contributed by atoms with Crippen molar-refractivity contribution in [2.45, 2.75) is 31.2 Å². The second kappa shape index (κ2) is 9.54. The smallest absolute Gasteiger partial charge is 0.251 e. The van der Waals surface area contributed by atoms with Crippen LogP contribution in [-0.2, 0) is 17.0 Å². The molecule has 2 N–H and O–H groups in total. The summed E-state index contributed by atoms with van der Waals surface area (Å²) in [4.78, 5) is 30.7. The average molecular weight is 364 g/mol. The van der Waals surface area contributed by atoms with Gasteiger partial charge in [0.2, 0.25) is 5.91 Å². The first-order valence-corrected chi connectivity index (χ1v) is 9.94. The molecule has 2 rings (SSSR count). The van der Waals surface area contributed by atoms with Crippen molar-refractivity contribution >= 4 is 35.1 Å². The van der Waals surface area contributed by atoms with E-state index in [4.69, 9.17) is 0 Å². The van der Waals surface area contributed by atoms with E-state index in [1.54, 1.807) is 11.8 Å². The number of hydrogen-bond acceptors (Lipinski definition) is 5. The lowest BCUT2D eigenvalue weighted by atomic mass is 10.1. The number of anilines is 1. The molecule has 0 spiro atoms. The number of rotatable bonds is 8. The van der Waals surface area contributed by atoms with Gasteiger partial charge >= 0.3 is 0 Å². The van der Waals surface area contributed by atoms with E-state index in [0.717, 1.165) is 23.6 Å². The van der Waals surface area contributed by atoms with Gasteiger partial charge in [-0.2, -0.15) is 11.8 Å². The first-order chi connectivity index (χ1) is 11.6. The summed E-state index contributed by atoms with van der Waals surface area (Å²) in [7, 11) is 0. The van der Waals surface area contributed by atoms with Gasteiger partial charge in [-0.3, -0.25) is 9.59 Å². The number of aryl methyl sites for hydroxylation is 1. The van der Waals surface area contributed by atoms with Crippen LogP contribution in [0.1, 0.15) is 25.1 Å². The molecule has 0 atom stereocenters. The minimum absolute atomic E-state index is 0.125. The summed E-state index contributed by atoms with van der Waals surface area (Å²) in [6, 6.07) is 9.28. The van der Waals surface area contributed by atoms with Gasteiger partial charge in [-0.15, -0.1) is 0 Å². The SMILES string of the molecule is CCSCc1cc(=O)[nH]c(SCC(=O)Nc2ccc(CC)cc2)n1. The number of carbonyl (C=O) groups is 1. The Kier molecular flexibility index (Phi) is 7.39. The number of nitrogens with zero attached hydrogens (tertiary/aromatic N) is 1. The molecule has 0 radical (unpaired) electrons. The number of amides is 1. The molecule has 5 nitrogen and oxygen atoms in total. The van der Waals surface area contributed by atoms with E-state index in [0.29, 0.717) is 10.9 Å². The van der Waals surface area contributed by atoms with Crippen molar-refractivity contribution in [1.82, 2.24) is 9.97 Å². The Morgan fingerprint density at radius 2 is 2.00 bits per heavy atom. The van der Waals surface area contributed by atoms with Crippen LogP contribution in [0.15, 0.2) is 40.3 Å². The normalized spacial score (nSPS) is 10.6. The summed E-state index contributed by atoms with van der Waals surface area (Å²) in [6.45, 7) is 4.15. The topological polar surface area (TPSA) is 74.8 Å². The van der Waals surface area contributed by atoms with E-state index in [1.807, 2.05) is 24.3 Å². The van der Waals surface area contributed by atoms with Crippen LogP contribution in [0.4, 0.5) is 5.69 Å². The van der Waals surface area contributed by atoms with E-state index in [2.05, 4.69) is 29.1 Å². The number of carbonyl (C=O) groups excluding carboxylic acids is 1. The van der Waals surface area contributed by atoms with Crippen LogP contribution in [0.2, 0.25) is 0 Å². The summed E-state index contributed by atoms with van der Waals surface area (Å²) in [6.07, 6.45) is 0.968. The van der Waals surface area contributed by atoms with E-state index in [-0.39, 0.29) is 17.2 Å². The van der Waals surface area contributed by atoms with Crippen molar-refractivity contribution in [2.24, 2.45) is 0 Å². The van der Waals surface area contributed by atoms with Crippen LogP contribution in [0, 0.1) is 0 Å². The van der Waals surface area contributed by atoms with Crippen LogP contribution in [0.25, 0.3) is 0 Å². The minimum Gasteiger partial charge on any atom is -0.325 e. The number of aromatic amines is 1. The number of aromatic nitrogens is 2. The Labute approximate surface area is 150 Å². The van der Waals surface area contributed by atoms with E-state index in [1.165, 1.54) is 23.4 Å². The van der Waals surface area contributed by atoms with E-state index in [9.17, 15) is 9.59 Å². The fourth-order valence-electron chi connectivity index (χ4n) is 1.99. The Morgan fingerprint density at radius 1 is 1.25 bits per heavy atom. The second-order valence-electron chi connectivity index (χ2n) is 5.07. The molecule has 0 aliphatic rings. The fraction of sp³-hybridized carbons (Fsp3) is 0.353. The summed E-state index contributed by atoms with van der Waals surface area (Å²) in [5.74, 6) is 1.74. The van der Waals surface area contributed by atoms with Crippen LogP contribution in [0.3, 0.4) is 0 Å². The summed E-state index contributed by atoms with van der Waals surface area (Å²) in [5.41, 5.74) is 2.55. The fourth-order valence-corrected chi connectivity index (χ4v) is 3.24. The van der Waals surface area contributed by atoms with Gasteiger partial charge in [-0.25, -0.2) is 4.98 Å².